The first-order chi connectivity index (χ1) is 7.74. The number of hydrogen-bond acceptors (Lipinski definition) is 3. The molecule has 1 fully saturated rings. The molecule has 0 aliphatic heterocycles. The number of nitrogens with zero attached hydrogens (tertiary/aromatic N) is 1. The second kappa shape index (κ2) is 4.52. The van der Waals surface area contributed by atoms with Crippen LogP contribution < -0.4 is 11.1 Å². The molecule has 0 spiro atoms. The molecule has 0 amide bonds. The molecular weight excluding hydrogens is 202 g/mol. The van der Waals surface area contributed by atoms with Gasteiger partial charge in [0.2, 0.25) is 5.69 Å². The summed E-state index contributed by atoms with van der Waals surface area (Å²) in [4.78, 5) is 3.36. The van der Waals surface area contributed by atoms with Crippen LogP contribution in [0, 0.1) is 6.57 Å². The molecule has 1 aromatic rings. The van der Waals surface area contributed by atoms with Gasteiger partial charge in [0.05, 0.1) is 19.2 Å². The van der Waals surface area contributed by atoms with Crippen molar-refractivity contribution in [2.24, 2.45) is 0 Å². The van der Waals surface area contributed by atoms with E-state index in [0.717, 1.165) is 5.56 Å². The van der Waals surface area contributed by atoms with Crippen LogP contribution in [0.1, 0.15) is 24.4 Å². The van der Waals surface area contributed by atoms with Gasteiger partial charge >= 0.3 is 0 Å². The maximum absolute atomic E-state index is 9.32. The number of aliphatic hydroxyl groups is 1. The van der Waals surface area contributed by atoms with E-state index in [4.69, 9.17) is 12.3 Å². The third-order valence-corrected chi connectivity index (χ3v) is 2.77. The van der Waals surface area contributed by atoms with Gasteiger partial charge in [0, 0.05) is 11.7 Å². The largest absolute Gasteiger partial charge is 0.407 e. The summed E-state index contributed by atoms with van der Waals surface area (Å²) < 4.78 is 0. The SMILES string of the molecule is [C-]#[N+]c1cc(C(CO)NC2CC2)ccc1N. The van der Waals surface area contributed by atoms with Crippen molar-refractivity contribution in [2.75, 3.05) is 12.3 Å². The van der Waals surface area contributed by atoms with Gasteiger partial charge in [-0.25, -0.2) is 4.85 Å². The lowest BCUT2D eigenvalue weighted by Gasteiger charge is -2.17. The zero-order chi connectivity index (χ0) is 11.5. The van der Waals surface area contributed by atoms with Crippen LogP contribution >= 0.6 is 0 Å². The minimum Gasteiger partial charge on any atom is -0.407 e. The van der Waals surface area contributed by atoms with Gasteiger partial charge in [-0.2, -0.15) is 0 Å². The molecular formula is C12H15N3O. The van der Waals surface area contributed by atoms with Crippen LogP contribution in [0.4, 0.5) is 11.4 Å². The van der Waals surface area contributed by atoms with Crippen LogP contribution in [-0.2, 0) is 0 Å². The minimum absolute atomic E-state index is 0.0395. The number of nitrogen functional groups attached to an aromatic ring is 1. The van der Waals surface area contributed by atoms with E-state index in [2.05, 4.69) is 10.2 Å². The first-order valence-corrected chi connectivity index (χ1v) is 5.38. The van der Waals surface area contributed by atoms with Gasteiger partial charge in [-0.1, -0.05) is 6.07 Å². The topological polar surface area (TPSA) is 62.6 Å². The van der Waals surface area contributed by atoms with Crippen molar-refractivity contribution in [3.8, 4) is 0 Å². The summed E-state index contributed by atoms with van der Waals surface area (Å²) in [6.45, 7) is 7.03. The molecule has 0 radical (unpaired) electrons. The van der Waals surface area contributed by atoms with Crippen molar-refractivity contribution in [3.63, 3.8) is 0 Å². The van der Waals surface area contributed by atoms with E-state index in [1.165, 1.54) is 12.8 Å². The molecule has 1 aromatic carbocycles. The highest BCUT2D eigenvalue weighted by Gasteiger charge is 2.25. The molecule has 84 valence electrons. The first-order valence-electron chi connectivity index (χ1n) is 5.38. The lowest BCUT2D eigenvalue weighted by atomic mass is 10.1. The zero-order valence-electron chi connectivity index (χ0n) is 8.98. The van der Waals surface area contributed by atoms with Gasteiger partial charge in [-0.15, -0.1) is 0 Å². The fraction of sp³-hybridized carbons (Fsp3) is 0.417. The molecule has 4 heteroatoms. The Morgan fingerprint density at radius 3 is 2.88 bits per heavy atom. The van der Waals surface area contributed by atoms with E-state index in [9.17, 15) is 5.11 Å². The van der Waals surface area contributed by atoms with E-state index in [0.29, 0.717) is 17.4 Å². The third kappa shape index (κ3) is 2.32. The van der Waals surface area contributed by atoms with Crippen molar-refractivity contribution in [2.45, 2.75) is 24.9 Å². The van der Waals surface area contributed by atoms with E-state index >= 15 is 0 Å². The molecule has 1 atom stereocenters. The van der Waals surface area contributed by atoms with Crippen molar-refractivity contribution in [1.82, 2.24) is 5.32 Å². The molecule has 1 unspecified atom stereocenters. The molecule has 1 saturated carbocycles. The smallest absolute Gasteiger partial charge is 0.209 e. The van der Waals surface area contributed by atoms with Crippen molar-refractivity contribution < 1.29 is 5.11 Å². The Morgan fingerprint density at radius 1 is 1.56 bits per heavy atom. The number of benzene rings is 1. The van der Waals surface area contributed by atoms with Gasteiger partial charge < -0.3 is 16.2 Å². The number of hydrogen-bond donors (Lipinski definition) is 3. The zero-order valence-corrected chi connectivity index (χ0v) is 8.98. The van der Waals surface area contributed by atoms with Crippen molar-refractivity contribution in [3.05, 3.63) is 35.2 Å². The summed E-state index contributed by atoms with van der Waals surface area (Å²) in [7, 11) is 0. The van der Waals surface area contributed by atoms with E-state index in [1.807, 2.05) is 6.07 Å². The molecule has 0 bridgehead atoms. The van der Waals surface area contributed by atoms with E-state index in [-0.39, 0.29) is 12.6 Å². The molecule has 0 heterocycles. The van der Waals surface area contributed by atoms with Crippen LogP contribution in [0.25, 0.3) is 4.85 Å². The Balaban J connectivity index is 2.20. The Hall–Kier alpha value is -1.57. The monoisotopic (exact) mass is 217 g/mol. The quantitative estimate of drug-likeness (QED) is 0.530. The van der Waals surface area contributed by atoms with Crippen LogP contribution in [0.3, 0.4) is 0 Å². The molecule has 1 aliphatic rings. The Kier molecular flexibility index (Phi) is 3.09. The molecule has 1 aliphatic carbocycles. The van der Waals surface area contributed by atoms with Crippen LogP contribution in [0.5, 0.6) is 0 Å². The van der Waals surface area contributed by atoms with Gasteiger partial charge in [-0.3, -0.25) is 0 Å². The molecule has 4 nitrogen and oxygen atoms in total. The molecule has 2 rings (SSSR count). The molecule has 16 heavy (non-hydrogen) atoms. The fourth-order valence-corrected chi connectivity index (χ4v) is 1.66. The second-order valence-corrected chi connectivity index (χ2v) is 4.11. The maximum Gasteiger partial charge on any atom is 0.209 e. The van der Waals surface area contributed by atoms with Crippen molar-refractivity contribution >= 4 is 11.4 Å². The lowest BCUT2D eigenvalue weighted by molar-refractivity contribution is 0.243. The van der Waals surface area contributed by atoms with Crippen LogP contribution in [0.2, 0.25) is 0 Å². The predicted molar refractivity (Wildman–Crippen MR) is 63.1 cm³/mol. The number of anilines is 1. The highest BCUT2D eigenvalue weighted by molar-refractivity contribution is 5.68. The minimum atomic E-state index is -0.0893. The van der Waals surface area contributed by atoms with Crippen molar-refractivity contribution in [1.29, 1.82) is 0 Å². The Labute approximate surface area is 94.9 Å². The lowest BCUT2D eigenvalue weighted by Crippen LogP contribution is -2.26. The van der Waals surface area contributed by atoms with Crippen LogP contribution in [-0.4, -0.2) is 17.8 Å². The molecule has 4 N–H and O–H groups in total. The van der Waals surface area contributed by atoms with E-state index < -0.39 is 0 Å². The third-order valence-electron chi connectivity index (χ3n) is 2.77. The summed E-state index contributed by atoms with van der Waals surface area (Å²) in [6.07, 6.45) is 2.34. The summed E-state index contributed by atoms with van der Waals surface area (Å²) in [5.74, 6) is 0. The Morgan fingerprint density at radius 2 is 2.31 bits per heavy atom. The van der Waals surface area contributed by atoms with Gasteiger partial charge in [0.25, 0.3) is 0 Å². The standard InChI is InChI=1S/C12H15N3O/c1-14-11-6-8(2-5-10(11)13)12(7-16)15-9-3-4-9/h2,5-6,9,12,15-16H,3-4,7,13H2. The first kappa shape index (κ1) is 10.9. The summed E-state index contributed by atoms with van der Waals surface area (Å²) >= 11 is 0. The van der Waals surface area contributed by atoms with Gasteiger partial charge in [0.1, 0.15) is 0 Å². The second-order valence-electron chi connectivity index (χ2n) is 4.11. The maximum atomic E-state index is 9.32. The molecule has 0 saturated heterocycles. The normalized spacial score (nSPS) is 16.8. The predicted octanol–water partition coefficient (Wildman–Crippen LogP) is 1.60. The highest BCUT2D eigenvalue weighted by Crippen LogP contribution is 2.28. The highest BCUT2D eigenvalue weighted by atomic mass is 16.3. The summed E-state index contributed by atoms with van der Waals surface area (Å²) in [6, 6.07) is 5.76. The average Bonchev–Trinajstić information content (AvgIpc) is 3.11. The molecule has 0 aromatic heterocycles. The van der Waals surface area contributed by atoms with Gasteiger partial charge in [-0.05, 0) is 30.5 Å². The number of nitrogens with two attached hydrogens (primary N) is 1. The van der Waals surface area contributed by atoms with E-state index in [1.54, 1.807) is 12.1 Å². The van der Waals surface area contributed by atoms with Gasteiger partial charge in [0.15, 0.2) is 0 Å². The number of rotatable bonds is 4. The average molecular weight is 217 g/mol. The summed E-state index contributed by atoms with van der Waals surface area (Å²) in [5, 5.41) is 12.7. The Bertz CT molecular complexity index is 421. The fourth-order valence-electron chi connectivity index (χ4n) is 1.66. The number of nitrogens with one attached hydrogen (secondary N) is 1. The summed E-state index contributed by atoms with van der Waals surface area (Å²) in [5.41, 5.74) is 7.52. The number of aliphatic hydroxyl groups excluding tert-OH is 1. The van der Waals surface area contributed by atoms with Crippen LogP contribution in [0.15, 0.2) is 18.2 Å².